The number of nitrogens with zero attached hydrogens (tertiary/aromatic N) is 2. The molecular formula is C19H14BrF3N4O4. The SMILES string of the molecule is O=C(NCc1ccc(Br)cc1)c1cc(-c2ccncc2)n[nH]c1=O.O=C(O)C(F)(F)F. The summed E-state index contributed by atoms with van der Waals surface area (Å²) in [5, 5.41) is 16.2. The van der Waals surface area contributed by atoms with Crippen LogP contribution in [0.15, 0.2) is 64.1 Å². The van der Waals surface area contributed by atoms with E-state index in [9.17, 15) is 22.8 Å². The summed E-state index contributed by atoms with van der Waals surface area (Å²) in [6, 6.07) is 12.6. The highest BCUT2D eigenvalue weighted by Crippen LogP contribution is 2.15. The highest BCUT2D eigenvalue weighted by molar-refractivity contribution is 9.10. The van der Waals surface area contributed by atoms with Crippen molar-refractivity contribution in [2.75, 3.05) is 0 Å². The van der Waals surface area contributed by atoms with Gasteiger partial charge in [-0.25, -0.2) is 9.89 Å². The molecule has 0 atom stereocenters. The van der Waals surface area contributed by atoms with Crippen molar-refractivity contribution >= 4 is 27.8 Å². The van der Waals surface area contributed by atoms with Crippen LogP contribution in [0.3, 0.4) is 0 Å². The van der Waals surface area contributed by atoms with E-state index in [1.54, 1.807) is 24.5 Å². The van der Waals surface area contributed by atoms with Crippen molar-refractivity contribution in [2.45, 2.75) is 12.7 Å². The van der Waals surface area contributed by atoms with Gasteiger partial charge in [-0.2, -0.15) is 18.3 Å². The lowest BCUT2D eigenvalue weighted by atomic mass is 10.1. The van der Waals surface area contributed by atoms with Crippen LogP contribution in [0.25, 0.3) is 11.3 Å². The molecule has 2 heterocycles. The van der Waals surface area contributed by atoms with Crippen molar-refractivity contribution < 1.29 is 27.9 Å². The fourth-order valence-electron chi connectivity index (χ4n) is 2.12. The van der Waals surface area contributed by atoms with E-state index in [1.165, 1.54) is 6.07 Å². The molecule has 0 aliphatic heterocycles. The van der Waals surface area contributed by atoms with E-state index in [4.69, 9.17) is 9.90 Å². The van der Waals surface area contributed by atoms with Gasteiger partial charge < -0.3 is 10.4 Å². The first-order chi connectivity index (χ1) is 14.6. The number of benzene rings is 1. The van der Waals surface area contributed by atoms with Crippen LogP contribution < -0.4 is 10.9 Å². The average molecular weight is 499 g/mol. The quantitative estimate of drug-likeness (QED) is 0.507. The zero-order valence-corrected chi connectivity index (χ0v) is 17.1. The van der Waals surface area contributed by atoms with E-state index < -0.39 is 23.6 Å². The summed E-state index contributed by atoms with van der Waals surface area (Å²) in [4.78, 5) is 37.0. The molecule has 0 saturated carbocycles. The van der Waals surface area contributed by atoms with Crippen LogP contribution in [0, 0.1) is 0 Å². The largest absolute Gasteiger partial charge is 0.490 e. The first-order valence-corrected chi connectivity index (χ1v) is 9.20. The van der Waals surface area contributed by atoms with Gasteiger partial charge in [0.2, 0.25) is 0 Å². The lowest BCUT2D eigenvalue weighted by Crippen LogP contribution is -2.29. The van der Waals surface area contributed by atoms with Crippen LogP contribution in [-0.4, -0.2) is 38.3 Å². The van der Waals surface area contributed by atoms with Gasteiger partial charge in [-0.05, 0) is 35.9 Å². The van der Waals surface area contributed by atoms with Gasteiger partial charge in [-0.15, -0.1) is 0 Å². The summed E-state index contributed by atoms with van der Waals surface area (Å²) in [7, 11) is 0. The van der Waals surface area contributed by atoms with Crippen LogP contribution in [0.4, 0.5) is 13.2 Å². The monoisotopic (exact) mass is 498 g/mol. The lowest BCUT2D eigenvalue weighted by molar-refractivity contribution is -0.192. The number of halogens is 4. The molecule has 0 fully saturated rings. The predicted octanol–water partition coefficient (Wildman–Crippen LogP) is 3.16. The number of carboxylic acid groups (broad SMARTS) is 1. The summed E-state index contributed by atoms with van der Waals surface area (Å²) in [5.74, 6) is -3.20. The minimum Gasteiger partial charge on any atom is -0.475 e. The highest BCUT2D eigenvalue weighted by atomic mass is 79.9. The van der Waals surface area contributed by atoms with Gasteiger partial charge in [0.15, 0.2) is 0 Å². The summed E-state index contributed by atoms with van der Waals surface area (Å²) in [5.41, 5.74) is 1.70. The molecule has 0 unspecified atom stereocenters. The van der Waals surface area contributed by atoms with Crippen molar-refractivity contribution in [3.8, 4) is 11.3 Å². The van der Waals surface area contributed by atoms with E-state index in [0.29, 0.717) is 12.2 Å². The summed E-state index contributed by atoms with van der Waals surface area (Å²) in [6.45, 7) is 0.332. The molecule has 3 aromatic rings. The Hall–Kier alpha value is -3.54. The number of hydrogen-bond acceptors (Lipinski definition) is 5. The third-order valence-electron chi connectivity index (χ3n) is 3.63. The topological polar surface area (TPSA) is 125 Å². The minimum absolute atomic E-state index is 0.0222. The predicted molar refractivity (Wildman–Crippen MR) is 107 cm³/mol. The smallest absolute Gasteiger partial charge is 0.475 e. The fourth-order valence-corrected chi connectivity index (χ4v) is 2.39. The van der Waals surface area contributed by atoms with E-state index in [-0.39, 0.29) is 5.56 Å². The third kappa shape index (κ3) is 7.33. The van der Waals surface area contributed by atoms with Gasteiger partial charge in [0, 0.05) is 29.0 Å². The molecule has 0 aliphatic rings. The summed E-state index contributed by atoms with van der Waals surface area (Å²) in [6.07, 6.45) is -1.84. The Labute approximate surface area is 181 Å². The van der Waals surface area contributed by atoms with Crippen molar-refractivity contribution in [2.24, 2.45) is 0 Å². The standard InChI is InChI=1S/C17H13BrN4O2.C2HF3O2/c18-13-3-1-11(2-4-13)10-20-16(23)14-9-15(21-22-17(14)24)12-5-7-19-8-6-12;3-2(4,5)1(6)7/h1-9H,10H2,(H,20,23)(H,22,24);(H,6,7). The number of rotatable bonds is 4. The number of nitrogens with one attached hydrogen (secondary N) is 2. The maximum absolute atomic E-state index is 12.3. The van der Waals surface area contributed by atoms with Crippen LogP contribution in [0.5, 0.6) is 0 Å². The van der Waals surface area contributed by atoms with E-state index in [2.05, 4.69) is 36.4 Å². The number of amides is 1. The second kappa shape index (κ2) is 10.5. The number of carboxylic acids is 1. The van der Waals surface area contributed by atoms with Crippen molar-refractivity contribution in [3.05, 3.63) is 80.8 Å². The minimum atomic E-state index is -5.08. The Morgan fingerprint density at radius 3 is 2.23 bits per heavy atom. The second-order valence-corrected chi connectivity index (χ2v) is 6.76. The van der Waals surface area contributed by atoms with Gasteiger partial charge >= 0.3 is 12.1 Å². The van der Waals surface area contributed by atoms with Crippen molar-refractivity contribution in [1.82, 2.24) is 20.5 Å². The summed E-state index contributed by atoms with van der Waals surface area (Å²) < 4.78 is 32.7. The Bertz CT molecular complexity index is 1100. The van der Waals surface area contributed by atoms with Gasteiger partial charge in [0.25, 0.3) is 11.5 Å². The maximum Gasteiger partial charge on any atom is 0.490 e. The first kappa shape index (κ1) is 23.7. The molecule has 3 N–H and O–H groups in total. The molecule has 31 heavy (non-hydrogen) atoms. The number of H-pyrrole nitrogens is 1. The molecule has 3 rings (SSSR count). The molecule has 12 heteroatoms. The zero-order valence-electron chi connectivity index (χ0n) is 15.5. The number of alkyl halides is 3. The number of aliphatic carboxylic acids is 1. The van der Waals surface area contributed by atoms with Crippen molar-refractivity contribution in [3.63, 3.8) is 0 Å². The molecular weight excluding hydrogens is 485 g/mol. The van der Waals surface area contributed by atoms with Gasteiger partial charge in [0.05, 0.1) is 5.69 Å². The molecule has 162 valence electrons. The van der Waals surface area contributed by atoms with Crippen molar-refractivity contribution in [1.29, 1.82) is 0 Å². The van der Waals surface area contributed by atoms with E-state index >= 15 is 0 Å². The second-order valence-electron chi connectivity index (χ2n) is 5.84. The van der Waals surface area contributed by atoms with Crippen LogP contribution >= 0.6 is 15.9 Å². The Morgan fingerprint density at radius 1 is 1.10 bits per heavy atom. The number of carbonyl (C=O) groups is 2. The first-order valence-electron chi connectivity index (χ1n) is 8.41. The summed E-state index contributed by atoms with van der Waals surface area (Å²) >= 11 is 3.36. The van der Waals surface area contributed by atoms with E-state index in [0.717, 1.165) is 15.6 Å². The molecule has 1 amide bonds. The number of aromatic nitrogens is 3. The molecule has 0 saturated heterocycles. The average Bonchev–Trinajstić information content (AvgIpc) is 2.74. The highest BCUT2D eigenvalue weighted by Gasteiger charge is 2.38. The van der Waals surface area contributed by atoms with Crippen LogP contribution in [0.2, 0.25) is 0 Å². The maximum atomic E-state index is 12.3. The fraction of sp³-hybridized carbons (Fsp3) is 0.105. The van der Waals surface area contributed by atoms with Gasteiger partial charge in [-0.1, -0.05) is 28.1 Å². The van der Waals surface area contributed by atoms with Gasteiger partial charge in [0.1, 0.15) is 5.56 Å². The zero-order chi connectivity index (χ0) is 23.0. The molecule has 1 aromatic carbocycles. The molecule has 2 aromatic heterocycles. The van der Waals surface area contributed by atoms with E-state index in [1.807, 2.05) is 24.3 Å². The number of aromatic amines is 1. The molecule has 8 nitrogen and oxygen atoms in total. The molecule has 0 spiro atoms. The number of pyridine rings is 1. The molecule has 0 aliphatic carbocycles. The Balaban J connectivity index is 0.000000423. The number of hydrogen-bond donors (Lipinski definition) is 3. The Morgan fingerprint density at radius 2 is 1.68 bits per heavy atom. The molecule has 0 radical (unpaired) electrons. The Kier molecular flexibility index (Phi) is 8.02. The van der Waals surface area contributed by atoms with Gasteiger partial charge in [-0.3, -0.25) is 14.6 Å². The lowest BCUT2D eigenvalue weighted by Gasteiger charge is -2.06. The normalized spacial score (nSPS) is 10.6. The number of carbonyl (C=O) groups excluding carboxylic acids is 1. The van der Waals surface area contributed by atoms with Crippen LogP contribution in [0.1, 0.15) is 15.9 Å². The van der Waals surface area contributed by atoms with Crippen LogP contribution in [-0.2, 0) is 11.3 Å². The molecule has 0 bridgehead atoms. The third-order valence-corrected chi connectivity index (χ3v) is 4.16.